The monoisotopic (exact) mass is 348 g/mol. The zero-order valence-corrected chi connectivity index (χ0v) is 13.2. The lowest BCUT2D eigenvalue weighted by molar-refractivity contribution is -0.0364. The third-order valence-electron chi connectivity index (χ3n) is 3.27. The maximum atomic E-state index is 11.9. The minimum absolute atomic E-state index is 0.243. The SMILES string of the molecule is CNS(=O)(=O)N1CCO[C@@H](c2ccc(Br)cc2)[C@@H]1C. The van der Waals surface area contributed by atoms with Gasteiger partial charge in [0.25, 0.3) is 10.2 Å². The fourth-order valence-electron chi connectivity index (χ4n) is 2.25. The number of benzene rings is 1. The Kier molecular flexibility index (Phi) is 4.62. The summed E-state index contributed by atoms with van der Waals surface area (Å²) in [5, 5.41) is 0. The summed E-state index contributed by atoms with van der Waals surface area (Å²) < 4.78 is 34.4. The molecule has 0 spiro atoms. The van der Waals surface area contributed by atoms with E-state index in [1.54, 1.807) is 0 Å². The molecule has 1 aliphatic rings. The highest BCUT2D eigenvalue weighted by molar-refractivity contribution is 9.10. The molecule has 2 atom stereocenters. The van der Waals surface area contributed by atoms with Crippen LogP contribution in [0.3, 0.4) is 0 Å². The van der Waals surface area contributed by atoms with E-state index in [1.165, 1.54) is 11.4 Å². The highest BCUT2D eigenvalue weighted by Crippen LogP contribution is 2.30. The first-order valence-electron chi connectivity index (χ1n) is 6.03. The smallest absolute Gasteiger partial charge is 0.279 e. The number of ether oxygens (including phenoxy) is 1. The molecule has 0 amide bonds. The summed E-state index contributed by atoms with van der Waals surface area (Å²) >= 11 is 3.38. The molecule has 1 N–H and O–H groups in total. The molecule has 1 heterocycles. The molecular weight excluding hydrogens is 332 g/mol. The van der Waals surface area contributed by atoms with Crippen LogP contribution in [0, 0.1) is 0 Å². The maximum absolute atomic E-state index is 11.9. The maximum Gasteiger partial charge on any atom is 0.279 e. The van der Waals surface area contributed by atoms with Gasteiger partial charge in [-0.3, -0.25) is 0 Å². The highest BCUT2D eigenvalue weighted by Gasteiger charge is 2.36. The van der Waals surface area contributed by atoms with Crippen molar-refractivity contribution in [3.05, 3.63) is 34.3 Å². The summed E-state index contributed by atoms with van der Waals surface area (Å²) in [5.41, 5.74) is 0.978. The standard InChI is InChI=1S/C12H17BrN2O3S/c1-9-12(10-3-5-11(13)6-4-10)18-8-7-15(9)19(16,17)14-2/h3-6,9,12,14H,7-8H2,1-2H3/t9-,12+/m0/s1. The van der Waals surface area contributed by atoms with Crippen molar-refractivity contribution < 1.29 is 13.2 Å². The number of halogens is 1. The summed E-state index contributed by atoms with van der Waals surface area (Å²) in [6.07, 6.45) is -0.245. The summed E-state index contributed by atoms with van der Waals surface area (Å²) in [6.45, 7) is 2.63. The van der Waals surface area contributed by atoms with E-state index in [0.29, 0.717) is 13.2 Å². The van der Waals surface area contributed by atoms with Crippen LogP contribution in [0.4, 0.5) is 0 Å². The lowest BCUT2D eigenvalue weighted by atomic mass is 10.0. The summed E-state index contributed by atoms with van der Waals surface area (Å²) in [4.78, 5) is 0. The number of rotatable bonds is 3. The summed E-state index contributed by atoms with van der Waals surface area (Å²) in [5.74, 6) is 0. The molecule has 1 aromatic rings. The molecule has 0 unspecified atom stereocenters. The molecule has 0 aliphatic carbocycles. The Morgan fingerprint density at radius 3 is 2.58 bits per heavy atom. The lowest BCUT2D eigenvalue weighted by Crippen LogP contribution is -2.51. The molecule has 1 saturated heterocycles. The second-order valence-corrected chi connectivity index (χ2v) is 7.15. The number of nitrogens with zero attached hydrogens (tertiary/aromatic N) is 1. The molecule has 0 aromatic heterocycles. The molecule has 0 bridgehead atoms. The van der Waals surface area contributed by atoms with Crippen molar-refractivity contribution in [3.8, 4) is 0 Å². The van der Waals surface area contributed by atoms with Gasteiger partial charge in [-0.25, -0.2) is 4.72 Å². The zero-order valence-electron chi connectivity index (χ0n) is 10.8. The Bertz CT molecular complexity index is 532. The van der Waals surface area contributed by atoms with E-state index >= 15 is 0 Å². The molecule has 5 nitrogen and oxygen atoms in total. The van der Waals surface area contributed by atoms with Gasteiger partial charge in [-0.2, -0.15) is 12.7 Å². The molecule has 19 heavy (non-hydrogen) atoms. The molecule has 1 aromatic carbocycles. The van der Waals surface area contributed by atoms with Crippen molar-refractivity contribution in [2.75, 3.05) is 20.2 Å². The first-order valence-corrected chi connectivity index (χ1v) is 8.26. The second kappa shape index (κ2) is 5.88. The fraction of sp³-hybridized carbons (Fsp3) is 0.500. The van der Waals surface area contributed by atoms with Gasteiger partial charge in [0.2, 0.25) is 0 Å². The van der Waals surface area contributed by atoms with E-state index in [0.717, 1.165) is 10.0 Å². The third kappa shape index (κ3) is 3.17. The topological polar surface area (TPSA) is 58.6 Å². The van der Waals surface area contributed by atoms with Crippen LogP contribution in [0.2, 0.25) is 0 Å². The fourth-order valence-corrected chi connectivity index (χ4v) is 3.61. The van der Waals surface area contributed by atoms with E-state index in [-0.39, 0.29) is 12.1 Å². The van der Waals surface area contributed by atoms with Gasteiger partial charge in [0.1, 0.15) is 0 Å². The number of hydrogen-bond donors (Lipinski definition) is 1. The zero-order chi connectivity index (χ0) is 14.0. The first-order chi connectivity index (χ1) is 8.95. The number of nitrogens with one attached hydrogen (secondary N) is 1. The Balaban J connectivity index is 2.25. The Hall–Kier alpha value is -0.470. The van der Waals surface area contributed by atoms with Crippen LogP contribution in [0.25, 0.3) is 0 Å². The molecule has 106 valence electrons. The molecule has 1 fully saturated rings. The normalized spacial score (nSPS) is 25.4. The van der Waals surface area contributed by atoms with E-state index < -0.39 is 10.2 Å². The molecule has 0 saturated carbocycles. The summed E-state index contributed by atoms with van der Waals surface area (Å²) in [7, 11) is -2.00. The van der Waals surface area contributed by atoms with Gasteiger partial charge >= 0.3 is 0 Å². The van der Waals surface area contributed by atoms with Crippen molar-refractivity contribution in [2.45, 2.75) is 19.1 Å². The van der Waals surface area contributed by atoms with Crippen molar-refractivity contribution in [3.63, 3.8) is 0 Å². The minimum Gasteiger partial charge on any atom is -0.370 e. The van der Waals surface area contributed by atoms with E-state index in [2.05, 4.69) is 20.7 Å². The van der Waals surface area contributed by atoms with Crippen LogP contribution in [0.15, 0.2) is 28.7 Å². The van der Waals surface area contributed by atoms with Gasteiger partial charge in [-0.05, 0) is 24.6 Å². The molecular formula is C12H17BrN2O3S. The van der Waals surface area contributed by atoms with Crippen LogP contribution in [-0.4, -0.2) is 39.0 Å². The van der Waals surface area contributed by atoms with Crippen LogP contribution in [0.5, 0.6) is 0 Å². The average molecular weight is 349 g/mol. The van der Waals surface area contributed by atoms with Gasteiger partial charge in [0.05, 0.1) is 18.8 Å². The number of hydrogen-bond acceptors (Lipinski definition) is 3. The van der Waals surface area contributed by atoms with Crippen molar-refractivity contribution in [2.24, 2.45) is 0 Å². The Labute approximate surface area is 122 Å². The van der Waals surface area contributed by atoms with Crippen LogP contribution < -0.4 is 4.72 Å². The quantitative estimate of drug-likeness (QED) is 0.903. The van der Waals surface area contributed by atoms with E-state index in [4.69, 9.17) is 4.74 Å². The van der Waals surface area contributed by atoms with Gasteiger partial charge < -0.3 is 4.74 Å². The van der Waals surface area contributed by atoms with Crippen LogP contribution in [0.1, 0.15) is 18.6 Å². The van der Waals surface area contributed by atoms with Crippen LogP contribution in [-0.2, 0) is 14.9 Å². The number of morpholine rings is 1. The van der Waals surface area contributed by atoms with Gasteiger partial charge in [-0.15, -0.1) is 0 Å². The van der Waals surface area contributed by atoms with Crippen molar-refractivity contribution >= 4 is 26.1 Å². The molecule has 2 rings (SSSR count). The van der Waals surface area contributed by atoms with Crippen molar-refractivity contribution in [1.82, 2.24) is 9.03 Å². The average Bonchev–Trinajstić information content (AvgIpc) is 2.40. The van der Waals surface area contributed by atoms with E-state index in [1.807, 2.05) is 31.2 Å². The second-order valence-electron chi connectivity index (χ2n) is 4.40. The largest absolute Gasteiger partial charge is 0.370 e. The van der Waals surface area contributed by atoms with Gasteiger partial charge in [0.15, 0.2) is 0 Å². The first kappa shape index (κ1) is 14.9. The van der Waals surface area contributed by atoms with Crippen LogP contribution >= 0.6 is 15.9 Å². The lowest BCUT2D eigenvalue weighted by Gasteiger charge is -2.38. The van der Waals surface area contributed by atoms with E-state index in [9.17, 15) is 8.42 Å². The molecule has 7 heteroatoms. The molecule has 1 aliphatic heterocycles. The van der Waals surface area contributed by atoms with Crippen molar-refractivity contribution in [1.29, 1.82) is 0 Å². The Morgan fingerprint density at radius 2 is 2.00 bits per heavy atom. The summed E-state index contributed by atoms with van der Waals surface area (Å²) in [6, 6.07) is 7.50. The van der Waals surface area contributed by atoms with Gasteiger partial charge in [0, 0.05) is 18.1 Å². The molecule has 0 radical (unpaired) electrons. The highest BCUT2D eigenvalue weighted by atomic mass is 79.9. The predicted molar refractivity (Wildman–Crippen MR) is 77.0 cm³/mol. The third-order valence-corrected chi connectivity index (χ3v) is 5.44. The van der Waals surface area contributed by atoms with Gasteiger partial charge in [-0.1, -0.05) is 28.1 Å². The Morgan fingerprint density at radius 1 is 1.37 bits per heavy atom. The minimum atomic E-state index is -3.43. The predicted octanol–water partition coefficient (Wildman–Crippen LogP) is 1.68.